The lowest BCUT2D eigenvalue weighted by Crippen LogP contribution is -2.31. The average Bonchev–Trinajstić information content (AvgIpc) is 2.46. The van der Waals surface area contributed by atoms with Crippen LogP contribution >= 0.6 is 0 Å². The van der Waals surface area contributed by atoms with Gasteiger partial charge in [-0.3, -0.25) is 9.79 Å². The van der Waals surface area contributed by atoms with Gasteiger partial charge in [0.25, 0.3) is 5.91 Å². The molecule has 0 radical (unpaired) electrons. The topological polar surface area (TPSA) is 61.7 Å². The SMILES string of the molecule is CN=C(NC(=O)c1ccccc1O)c1ccccc1. The summed E-state index contributed by atoms with van der Waals surface area (Å²) in [5.41, 5.74) is 1.04. The van der Waals surface area contributed by atoms with Crippen molar-refractivity contribution in [2.75, 3.05) is 7.05 Å². The van der Waals surface area contributed by atoms with Crippen LogP contribution in [0.15, 0.2) is 59.6 Å². The second-order valence-corrected chi connectivity index (χ2v) is 3.91. The number of phenolic OH excluding ortho intramolecular Hbond substituents is 1. The third kappa shape index (κ3) is 2.98. The molecule has 0 heterocycles. The van der Waals surface area contributed by atoms with Crippen LogP contribution in [0.3, 0.4) is 0 Å². The molecule has 2 aromatic rings. The van der Waals surface area contributed by atoms with Crippen LogP contribution in [0.25, 0.3) is 0 Å². The molecule has 2 rings (SSSR count). The van der Waals surface area contributed by atoms with E-state index >= 15 is 0 Å². The van der Waals surface area contributed by atoms with Crippen LogP contribution in [-0.2, 0) is 0 Å². The number of aromatic hydroxyl groups is 1. The number of hydrogen-bond donors (Lipinski definition) is 2. The molecule has 96 valence electrons. The highest BCUT2D eigenvalue weighted by Gasteiger charge is 2.12. The Balaban J connectivity index is 2.21. The average molecular weight is 254 g/mol. The molecule has 2 N–H and O–H groups in total. The first-order valence-corrected chi connectivity index (χ1v) is 5.84. The van der Waals surface area contributed by atoms with Crippen LogP contribution in [0.4, 0.5) is 0 Å². The summed E-state index contributed by atoms with van der Waals surface area (Å²) in [5.74, 6) is 0.0277. The van der Waals surface area contributed by atoms with Crippen molar-refractivity contribution in [3.05, 3.63) is 65.7 Å². The molecule has 0 aliphatic heterocycles. The van der Waals surface area contributed by atoms with Gasteiger partial charge in [0, 0.05) is 12.6 Å². The Kier molecular flexibility index (Phi) is 3.93. The highest BCUT2D eigenvalue weighted by Crippen LogP contribution is 2.15. The number of para-hydroxylation sites is 1. The molecule has 0 saturated carbocycles. The van der Waals surface area contributed by atoms with Crippen LogP contribution in [0, 0.1) is 0 Å². The first-order valence-electron chi connectivity index (χ1n) is 5.84. The monoisotopic (exact) mass is 254 g/mol. The summed E-state index contributed by atoms with van der Waals surface area (Å²) in [7, 11) is 1.60. The van der Waals surface area contributed by atoms with Crippen LogP contribution in [0.1, 0.15) is 15.9 Å². The number of phenols is 1. The van der Waals surface area contributed by atoms with Crippen molar-refractivity contribution in [3.63, 3.8) is 0 Å². The Bertz CT molecular complexity index is 607. The number of amidine groups is 1. The van der Waals surface area contributed by atoms with E-state index in [2.05, 4.69) is 10.3 Å². The fraction of sp³-hybridized carbons (Fsp3) is 0.0667. The molecule has 0 bridgehead atoms. The molecule has 0 aliphatic rings. The largest absolute Gasteiger partial charge is 0.507 e. The number of carbonyl (C=O) groups is 1. The third-order valence-corrected chi connectivity index (χ3v) is 2.65. The van der Waals surface area contributed by atoms with Gasteiger partial charge in [-0.15, -0.1) is 0 Å². The van der Waals surface area contributed by atoms with Gasteiger partial charge >= 0.3 is 0 Å². The van der Waals surface area contributed by atoms with Crippen molar-refractivity contribution in [2.24, 2.45) is 4.99 Å². The van der Waals surface area contributed by atoms with Gasteiger partial charge in [0.1, 0.15) is 11.6 Å². The van der Waals surface area contributed by atoms with Crippen LogP contribution in [0.2, 0.25) is 0 Å². The maximum absolute atomic E-state index is 12.1. The summed E-state index contributed by atoms with van der Waals surface area (Å²) in [5, 5.41) is 12.3. The van der Waals surface area contributed by atoms with Gasteiger partial charge in [0.05, 0.1) is 5.56 Å². The van der Waals surface area contributed by atoms with E-state index < -0.39 is 0 Å². The Morgan fingerprint density at radius 2 is 1.68 bits per heavy atom. The van der Waals surface area contributed by atoms with Crippen molar-refractivity contribution in [1.82, 2.24) is 5.32 Å². The summed E-state index contributed by atoms with van der Waals surface area (Å²) in [6.45, 7) is 0. The zero-order valence-corrected chi connectivity index (χ0v) is 10.5. The van der Waals surface area contributed by atoms with Gasteiger partial charge in [0.2, 0.25) is 0 Å². The number of carbonyl (C=O) groups excluding carboxylic acids is 1. The van der Waals surface area contributed by atoms with Gasteiger partial charge < -0.3 is 10.4 Å². The quantitative estimate of drug-likeness (QED) is 0.637. The van der Waals surface area contributed by atoms with Gasteiger partial charge in [-0.1, -0.05) is 42.5 Å². The smallest absolute Gasteiger partial charge is 0.260 e. The summed E-state index contributed by atoms with van der Waals surface area (Å²) in [6.07, 6.45) is 0. The summed E-state index contributed by atoms with van der Waals surface area (Å²) in [4.78, 5) is 16.1. The number of benzene rings is 2. The van der Waals surface area contributed by atoms with Crippen LogP contribution in [0.5, 0.6) is 5.75 Å². The number of aliphatic imine (C=N–C) groups is 1. The zero-order valence-electron chi connectivity index (χ0n) is 10.5. The Labute approximate surface area is 111 Å². The minimum absolute atomic E-state index is 0.0523. The van der Waals surface area contributed by atoms with Crippen molar-refractivity contribution in [2.45, 2.75) is 0 Å². The van der Waals surface area contributed by atoms with Crippen molar-refractivity contribution in [1.29, 1.82) is 0 Å². The van der Waals surface area contributed by atoms with E-state index in [1.54, 1.807) is 25.2 Å². The Morgan fingerprint density at radius 1 is 1.05 bits per heavy atom. The van der Waals surface area contributed by atoms with E-state index in [0.717, 1.165) is 5.56 Å². The van der Waals surface area contributed by atoms with Gasteiger partial charge in [-0.25, -0.2) is 0 Å². The number of nitrogens with one attached hydrogen (secondary N) is 1. The minimum atomic E-state index is -0.387. The van der Waals surface area contributed by atoms with Crippen molar-refractivity contribution >= 4 is 11.7 Å². The molecule has 2 aromatic carbocycles. The Morgan fingerprint density at radius 3 is 2.32 bits per heavy atom. The first-order chi connectivity index (χ1) is 9.22. The molecule has 0 aromatic heterocycles. The summed E-state index contributed by atoms with van der Waals surface area (Å²) < 4.78 is 0. The molecule has 0 saturated heterocycles. The lowest BCUT2D eigenvalue weighted by atomic mass is 10.1. The fourth-order valence-corrected chi connectivity index (χ4v) is 1.69. The fourth-order valence-electron chi connectivity index (χ4n) is 1.69. The van der Waals surface area contributed by atoms with Gasteiger partial charge in [-0.2, -0.15) is 0 Å². The lowest BCUT2D eigenvalue weighted by molar-refractivity contribution is 0.0974. The molecule has 19 heavy (non-hydrogen) atoms. The number of nitrogens with zero attached hydrogens (tertiary/aromatic N) is 1. The van der Waals surface area contributed by atoms with Gasteiger partial charge in [-0.05, 0) is 12.1 Å². The number of hydrogen-bond acceptors (Lipinski definition) is 3. The molecular weight excluding hydrogens is 240 g/mol. The normalized spacial score (nSPS) is 11.1. The molecule has 0 fully saturated rings. The highest BCUT2D eigenvalue weighted by atomic mass is 16.3. The maximum Gasteiger partial charge on any atom is 0.260 e. The van der Waals surface area contributed by atoms with E-state index in [9.17, 15) is 9.90 Å². The molecule has 0 unspecified atom stereocenters. The number of rotatable bonds is 2. The second kappa shape index (κ2) is 5.82. The van der Waals surface area contributed by atoms with E-state index in [1.165, 1.54) is 6.07 Å². The predicted octanol–water partition coefficient (Wildman–Crippen LogP) is 2.20. The van der Waals surface area contributed by atoms with Crippen LogP contribution < -0.4 is 5.32 Å². The van der Waals surface area contributed by atoms with E-state index in [4.69, 9.17) is 0 Å². The third-order valence-electron chi connectivity index (χ3n) is 2.65. The highest BCUT2D eigenvalue weighted by molar-refractivity contribution is 6.13. The van der Waals surface area contributed by atoms with Crippen molar-refractivity contribution in [3.8, 4) is 5.75 Å². The molecule has 4 heteroatoms. The van der Waals surface area contributed by atoms with E-state index in [0.29, 0.717) is 5.84 Å². The van der Waals surface area contributed by atoms with E-state index in [1.807, 2.05) is 30.3 Å². The lowest BCUT2D eigenvalue weighted by Gasteiger charge is -2.09. The maximum atomic E-state index is 12.1. The molecule has 4 nitrogen and oxygen atoms in total. The zero-order chi connectivity index (χ0) is 13.7. The van der Waals surface area contributed by atoms with Gasteiger partial charge in [0.15, 0.2) is 0 Å². The molecule has 0 aliphatic carbocycles. The molecule has 0 spiro atoms. The van der Waals surface area contributed by atoms with E-state index in [-0.39, 0.29) is 17.2 Å². The predicted molar refractivity (Wildman–Crippen MR) is 74.5 cm³/mol. The first kappa shape index (κ1) is 12.8. The van der Waals surface area contributed by atoms with Crippen LogP contribution in [-0.4, -0.2) is 23.9 Å². The van der Waals surface area contributed by atoms with Crippen molar-refractivity contribution < 1.29 is 9.90 Å². The second-order valence-electron chi connectivity index (χ2n) is 3.91. The standard InChI is InChI=1S/C15H14N2O2/c1-16-14(11-7-3-2-4-8-11)17-15(19)12-9-5-6-10-13(12)18/h2-10,18H,1H3,(H,16,17,19). The molecular formula is C15H14N2O2. The number of amides is 1. The molecule has 0 atom stereocenters. The summed E-state index contributed by atoms with van der Waals surface area (Å²) >= 11 is 0. The Hall–Kier alpha value is -2.62. The summed E-state index contributed by atoms with van der Waals surface area (Å²) in [6, 6.07) is 15.7. The molecule has 1 amide bonds. The minimum Gasteiger partial charge on any atom is -0.507 e.